The van der Waals surface area contributed by atoms with E-state index in [9.17, 15) is 9.59 Å². The third-order valence-electron chi connectivity index (χ3n) is 3.48. The van der Waals surface area contributed by atoms with Gasteiger partial charge in [0.25, 0.3) is 5.91 Å². The number of nitrogens with zero attached hydrogens (tertiary/aromatic N) is 1. The Morgan fingerprint density at radius 3 is 2.54 bits per heavy atom. The number of amidine groups is 1. The largest absolute Gasteiger partial charge is 0.494 e. The maximum absolute atomic E-state index is 12.4. The molecule has 1 atom stereocenters. The lowest BCUT2D eigenvalue weighted by atomic mass is 10.0. The van der Waals surface area contributed by atoms with Gasteiger partial charge in [0.2, 0.25) is 5.91 Å². The predicted molar refractivity (Wildman–Crippen MR) is 96.6 cm³/mol. The van der Waals surface area contributed by atoms with Crippen molar-refractivity contribution in [1.29, 1.82) is 0 Å². The van der Waals surface area contributed by atoms with E-state index in [2.05, 4.69) is 15.6 Å². The highest BCUT2D eigenvalue weighted by Crippen LogP contribution is 2.14. The van der Waals surface area contributed by atoms with Crippen LogP contribution in [-0.2, 0) is 4.79 Å². The highest BCUT2D eigenvalue weighted by atomic mass is 32.2. The van der Waals surface area contributed by atoms with Gasteiger partial charge in [-0.1, -0.05) is 25.6 Å². The molecule has 1 aliphatic heterocycles. The highest BCUT2D eigenvalue weighted by molar-refractivity contribution is 8.14. The molecule has 0 unspecified atom stereocenters. The smallest absolute Gasteiger partial charge is 0.251 e. The van der Waals surface area contributed by atoms with Gasteiger partial charge in [0.1, 0.15) is 11.8 Å². The average molecular weight is 349 g/mol. The molecule has 1 heterocycles. The van der Waals surface area contributed by atoms with Crippen molar-refractivity contribution in [3.8, 4) is 5.75 Å². The van der Waals surface area contributed by atoms with Crippen molar-refractivity contribution < 1.29 is 14.3 Å². The van der Waals surface area contributed by atoms with Crippen molar-refractivity contribution in [3.63, 3.8) is 0 Å². The number of hydrogen-bond acceptors (Lipinski definition) is 5. The van der Waals surface area contributed by atoms with Crippen LogP contribution in [-0.4, -0.2) is 41.9 Å². The Hall–Kier alpha value is -2.02. The van der Waals surface area contributed by atoms with E-state index in [1.165, 1.54) is 11.8 Å². The number of carbonyl (C=O) groups excluding carboxylic acids is 2. The summed E-state index contributed by atoms with van der Waals surface area (Å²) in [6.45, 7) is 6.98. The topological polar surface area (TPSA) is 79.8 Å². The van der Waals surface area contributed by atoms with Crippen LogP contribution in [0.2, 0.25) is 0 Å². The number of thioether (sulfide) groups is 1. The number of carbonyl (C=O) groups is 2. The van der Waals surface area contributed by atoms with Crippen molar-refractivity contribution in [3.05, 3.63) is 29.8 Å². The molecule has 130 valence electrons. The summed E-state index contributed by atoms with van der Waals surface area (Å²) in [6, 6.07) is 6.24. The molecule has 0 aliphatic carbocycles. The van der Waals surface area contributed by atoms with Crippen molar-refractivity contribution in [1.82, 2.24) is 10.6 Å². The van der Waals surface area contributed by atoms with Crippen molar-refractivity contribution in [2.75, 3.05) is 18.9 Å². The molecule has 24 heavy (non-hydrogen) atoms. The Balaban J connectivity index is 2.00. The molecule has 0 radical (unpaired) electrons. The van der Waals surface area contributed by atoms with E-state index in [1.54, 1.807) is 24.3 Å². The summed E-state index contributed by atoms with van der Waals surface area (Å²) < 4.78 is 5.36. The van der Waals surface area contributed by atoms with Crippen LogP contribution in [0.3, 0.4) is 0 Å². The fourth-order valence-corrected chi connectivity index (χ4v) is 2.95. The zero-order valence-corrected chi connectivity index (χ0v) is 15.0. The lowest BCUT2D eigenvalue weighted by Gasteiger charge is -2.21. The first-order chi connectivity index (χ1) is 11.5. The summed E-state index contributed by atoms with van der Waals surface area (Å²) >= 11 is 1.51. The van der Waals surface area contributed by atoms with E-state index in [0.717, 1.165) is 5.75 Å². The molecule has 1 aromatic carbocycles. The molecule has 0 fully saturated rings. The van der Waals surface area contributed by atoms with Crippen LogP contribution >= 0.6 is 11.8 Å². The summed E-state index contributed by atoms with van der Waals surface area (Å²) in [5, 5.41) is 6.21. The van der Waals surface area contributed by atoms with E-state index in [-0.39, 0.29) is 17.7 Å². The van der Waals surface area contributed by atoms with Crippen LogP contribution in [0.5, 0.6) is 5.75 Å². The van der Waals surface area contributed by atoms with E-state index in [1.807, 2.05) is 20.8 Å². The molecule has 7 heteroatoms. The van der Waals surface area contributed by atoms with Crippen LogP contribution in [0, 0.1) is 5.92 Å². The first-order valence-electron chi connectivity index (χ1n) is 8.03. The molecule has 0 saturated carbocycles. The Labute approximate surface area is 146 Å². The normalized spacial score (nSPS) is 14.9. The van der Waals surface area contributed by atoms with Gasteiger partial charge in [0.05, 0.1) is 13.2 Å². The first kappa shape index (κ1) is 18.3. The highest BCUT2D eigenvalue weighted by Gasteiger charge is 2.26. The molecule has 6 nitrogen and oxygen atoms in total. The summed E-state index contributed by atoms with van der Waals surface area (Å²) in [5.41, 5.74) is 0.490. The molecule has 1 aromatic rings. The second-order valence-corrected chi connectivity index (χ2v) is 6.76. The minimum absolute atomic E-state index is 0.0383. The number of benzene rings is 1. The Kier molecular flexibility index (Phi) is 6.66. The zero-order valence-electron chi connectivity index (χ0n) is 14.2. The molecule has 2 amide bonds. The summed E-state index contributed by atoms with van der Waals surface area (Å²) in [5.74, 6) is 1.03. The number of aliphatic imine (C=N–C) groups is 1. The maximum atomic E-state index is 12.4. The summed E-state index contributed by atoms with van der Waals surface area (Å²) in [6.07, 6.45) is 0. The van der Waals surface area contributed by atoms with Gasteiger partial charge >= 0.3 is 0 Å². The van der Waals surface area contributed by atoms with Gasteiger partial charge in [-0.2, -0.15) is 0 Å². The molecule has 1 aliphatic rings. The van der Waals surface area contributed by atoms with Crippen LogP contribution in [0.15, 0.2) is 29.3 Å². The number of hydrogen-bond donors (Lipinski definition) is 2. The summed E-state index contributed by atoms with van der Waals surface area (Å²) in [4.78, 5) is 29.0. The van der Waals surface area contributed by atoms with E-state index in [0.29, 0.717) is 29.6 Å². The zero-order chi connectivity index (χ0) is 17.5. The lowest BCUT2D eigenvalue weighted by Crippen LogP contribution is -2.50. The Bertz CT molecular complexity index is 614. The van der Waals surface area contributed by atoms with Gasteiger partial charge in [-0.05, 0) is 37.1 Å². The number of amides is 2. The van der Waals surface area contributed by atoms with E-state index < -0.39 is 6.04 Å². The van der Waals surface area contributed by atoms with Crippen molar-refractivity contribution in [2.45, 2.75) is 26.8 Å². The number of ether oxygens (including phenoxy) is 1. The van der Waals surface area contributed by atoms with Crippen LogP contribution < -0.4 is 15.4 Å². The van der Waals surface area contributed by atoms with Crippen LogP contribution in [0.1, 0.15) is 31.1 Å². The van der Waals surface area contributed by atoms with Gasteiger partial charge in [0, 0.05) is 11.3 Å². The summed E-state index contributed by atoms with van der Waals surface area (Å²) in [7, 11) is 0. The second-order valence-electron chi connectivity index (χ2n) is 5.68. The molecule has 0 spiro atoms. The molecule has 0 aromatic heterocycles. The molecule has 0 bridgehead atoms. The van der Waals surface area contributed by atoms with Crippen LogP contribution in [0.25, 0.3) is 0 Å². The standard InChI is InChI=1S/C17H23N3O3S/c1-4-23-13-7-5-12(6-8-13)15(21)19-14(11(2)3)16(22)20-17-18-9-10-24-17/h5-8,11,14H,4,9-10H2,1-3H3,(H,19,21)(H,18,20,22)/t14-/m1/s1. The monoisotopic (exact) mass is 349 g/mol. The molecular formula is C17H23N3O3S. The van der Waals surface area contributed by atoms with Gasteiger partial charge in [0.15, 0.2) is 5.17 Å². The Morgan fingerprint density at radius 1 is 1.29 bits per heavy atom. The maximum Gasteiger partial charge on any atom is 0.251 e. The van der Waals surface area contributed by atoms with E-state index in [4.69, 9.17) is 4.74 Å². The minimum Gasteiger partial charge on any atom is -0.494 e. The van der Waals surface area contributed by atoms with Gasteiger partial charge < -0.3 is 15.4 Å². The third kappa shape index (κ3) is 4.99. The third-order valence-corrected chi connectivity index (χ3v) is 4.37. The Morgan fingerprint density at radius 2 is 2.00 bits per heavy atom. The number of nitrogens with one attached hydrogen (secondary N) is 2. The fourth-order valence-electron chi connectivity index (χ4n) is 2.22. The number of rotatable bonds is 6. The molecular weight excluding hydrogens is 326 g/mol. The van der Waals surface area contributed by atoms with Gasteiger partial charge in [-0.25, -0.2) is 0 Å². The SMILES string of the molecule is CCOc1ccc(C(=O)N[C@@H](C(=O)NC2=NCCS2)C(C)C)cc1. The van der Waals surface area contributed by atoms with Crippen LogP contribution in [0.4, 0.5) is 0 Å². The molecule has 2 N–H and O–H groups in total. The first-order valence-corrected chi connectivity index (χ1v) is 9.01. The quantitative estimate of drug-likeness (QED) is 0.824. The average Bonchev–Trinajstić information content (AvgIpc) is 3.06. The van der Waals surface area contributed by atoms with Gasteiger partial charge in [-0.3, -0.25) is 14.6 Å². The van der Waals surface area contributed by atoms with E-state index >= 15 is 0 Å². The molecule has 0 saturated heterocycles. The lowest BCUT2D eigenvalue weighted by molar-refractivity contribution is -0.122. The molecule has 2 rings (SSSR count). The van der Waals surface area contributed by atoms with Gasteiger partial charge in [-0.15, -0.1) is 0 Å². The fraction of sp³-hybridized carbons (Fsp3) is 0.471. The van der Waals surface area contributed by atoms with Crippen molar-refractivity contribution in [2.24, 2.45) is 10.9 Å². The minimum atomic E-state index is -0.618. The predicted octanol–water partition coefficient (Wildman–Crippen LogP) is 2.06. The second kappa shape index (κ2) is 8.73. The van der Waals surface area contributed by atoms with Crippen molar-refractivity contribution >= 4 is 28.7 Å².